The fraction of sp³-hybridized carbons (Fsp3) is 0.440. The van der Waals surface area contributed by atoms with Crippen molar-refractivity contribution in [2.75, 3.05) is 50.0 Å². The summed E-state index contributed by atoms with van der Waals surface area (Å²) in [5.41, 5.74) is 5.98. The average Bonchev–Trinajstić information content (AvgIpc) is 2.84. The molecule has 0 aliphatic carbocycles. The molecule has 1 aromatic heterocycles. The number of aryl methyl sites for hydroxylation is 1. The number of carbonyl (C=O) groups is 2. The van der Waals surface area contributed by atoms with Gasteiger partial charge in [0.25, 0.3) is 5.91 Å². The monoisotopic (exact) mass is 446 g/mol. The molecular formula is C25H30N6O2. The molecule has 2 N–H and O–H groups in total. The molecule has 1 unspecified atom stereocenters. The number of hydrogen-bond acceptors (Lipinski definition) is 6. The molecule has 0 radical (unpaired) electrons. The number of piperazine rings is 1. The Bertz CT molecular complexity index is 1100. The van der Waals surface area contributed by atoms with Crippen LogP contribution in [-0.4, -0.2) is 67.2 Å². The minimum Gasteiger partial charge on any atom is -0.355 e. The molecule has 1 fully saturated rings. The van der Waals surface area contributed by atoms with E-state index in [1.807, 2.05) is 12.1 Å². The van der Waals surface area contributed by atoms with Crippen LogP contribution in [0.5, 0.6) is 0 Å². The van der Waals surface area contributed by atoms with Crippen LogP contribution in [0.25, 0.3) is 0 Å². The predicted molar refractivity (Wildman–Crippen MR) is 129 cm³/mol. The average molecular weight is 447 g/mol. The highest BCUT2D eigenvalue weighted by molar-refractivity contribution is 6.23. The molecule has 4 heterocycles. The number of benzene rings is 1. The molecule has 2 aromatic rings. The Morgan fingerprint density at radius 1 is 1.21 bits per heavy atom. The van der Waals surface area contributed by atoms with Gasteiger partial charge in [-0.15, -0.1) is 0 Å². The van der Waals surface area contributed by atoms with Crippen molar-refractivity contribution >= 4 is 29.0 Å². The van der Waals surface area contributed by atoms with E-state index in [9.17, 15) is 9.59 Å². The van der Waals surface area contributed by atoms with E-state index in [0.717, 1.165) is 74.9 Å². The number of amides is 2. The first-order chi connectivity index (χ1) is 16.0. The number of fused-ring (bicyclic) bond motifs is 3. The molecule has 0 saturated carbocycles. The Morgan fingerprint density at radius 2 is 2.03 bits per heavy atom. The Kier molecular flexibility index (Phi) is 5.85. The van der Waals surface area contributed by atoms with E-state index in [1.165, 1.54) is 11.1 Å². The van der Waals surface area contributed by atoms with Gasteiger partial charge in [-0.2, -0.15) is 0 Å². The summed E-state index contributed by atoms with van der Waals surface area (Å²) in [6.07, 6.45) is 3.50. The Balaban J connectivity index is 1.25. The first-order valence-electron chi connectivity index (χ1n) is 11.7. The third kappa shape index (κ3) is 4.23. The summed E-state index contributed by atoms with van der Waals surface area (Å²) in [5, 5.41) is 5.76. The van der Waals surface area contributed by atoms with Crippen LogP contribution in [-0.2, 0) is 11.3 Å². The lowest BCUT2D eigenvalue weighted by molar-refractivity contribution is -0.118. The van der Waals surface area contributed by atoms with Gasteiger partial charge in [-0.05, 0) is 49.1 Å². The number of nitrogens with one attached hydrogen (secondary N) is 2. The van der Waals surface area contributed by atoms with Crippen LogP contribution in [0, 0.1) is 12.8 Å². The van der Waals surface area contributed by atoms with Crippen molar-refractivity contribution in [1.82, 2.24) is 15.2 Å². The van der Waals surface area contributed by atoms with Gasteiger partial charge in [0.1, 0.15) is 5.82 Å². The van der Waals surface area contributed by atoms with E-state index in [-0.39, 0.29) is 17.7 Å². The van der Waals surface area contributed by atoms with Crippen molar-refractivity contribution in [3.8, 4) is 0 Å². The normalized spacial score (nSPS) is 20.4. The van der Waals surface area contributed by atoms with Gasteiger partial charge in [0.05, 0.1) is 22.9 Å². The SMILES string of the molecule is CNC(=O)c1ccc(N2CCN(Cc3cc(C)c4c(c3)NC(=O)C3CCCN=C43)CC2)nc1. The van der Waals surface area contributed by atoms with E-state index in [1.54, 1.807) is 13.2 Å². The maximum Gasteiger partial charge on any atom is 0.252 e. The summed E-state index contributed by atoms with van der Waals surface area (Å²) >= 11 is 0. The molecule has 8 heteroatoms. The maximum absolute atomic E-state index is 12.6. The molecule has 1 atom stereocenters. The van der Waals surface area contributed by atoms with Gasteiger partial charge in [-0.1, -0.05) is 6.07 Å². The topological polar surface area (TPSA) is 89.9 Å². The highest BCUT2D eigenvalue weighted by atomic mass is 16.2. The quantitative estimate of drug-likeness (QED) is 0.752. The first kappa shape index (κ1) is 21.6. The maximum atomic E-state index is 12.6. The number of anilines is 2. The first-order valence-corrected chi connectivity index (χ1v) is 11.7. The van der Waals surface area contributed by atoms with Crippen LogP contribution in [0.4, 0.5) is 11.5 Å². The van der Waals surface area contributed by atoms with E-state index >= 15 is 0 Å². The number of carbonyl (C=O) groups excluding carboxylic acids is 2. The zero-order valence-corrected chi connectivity index (χ0v) is 19.2. The van der Waals surface area contributed by atoms with E-state index in [0.29, 0.717) is 5.56 Å². The molecule has 1 aromatic carbocycles. The molecule has 1 saturated heterocycles. The highest BCUT2D eigenvalue weighted by Gasteiger charge is 2.34. The second kappa shape index (κ2) is 8.94. The zero-order valence-electron chi connectivity index (χ0n) is 19.2. The number of aromatic nitrogens is 1. The van der Waals surface area contributed by atoms with E-state index in [2.05, 4.69) is 44.5 Å². The molecule has 8 nitrogen and oxygen atoms in total. The summed E-state index contributed by atoms with van der Waals surface area (Å²) in [4.78, 5) is 38.2. The summed E-state index contributed by atoms with van der Waals surface area (Å²) in [6.45, 7) is 7.40. The number of hydrogen-bond donors (Lipinski definition) is 2. The van der Waals surface area contributed by atoms with Crippen molar-refractivity contribution in [3.05, 3.63) is 52.7 Å². The van der Waals surface area contributed by atoms with Gasteiger partial charge in [-0.25, -0.2) is 4.98 Å². The molecule has 2 amide bonds. The van der Waals surface area contributed by atoms with Crippen molar-refractivity contribution in [1.29, 1.82) is 0 Å². The van der Waals surface area contributed by atoms with Gasteiger partial charge in [0.2, 0.25) is 5.91 Å². The number of pyridine rings is 1. The lowest BCUT2D eigenvalue weighted by Gasteiger charge is -2.36. The van der Waals surface area contributed by atoms with Gasteiger partial charge in [0, 0.05) is 58.1 Å². The fourth-order valence-electron chi connectivity index (χ4n) is 5.11. The minimum atomic E-state index is -0.124. The lowest BCUT2D eigenvalue weighted by atomic mass is 9.83. The second-order valence-electron chi connectivity index (χ2n) is 9.03. The molecule has 33 heavy (non-hydrogen) atoms. The molecule has 5 rings (SSSR count). The van der Waals surface area contributed by atoms with Crippen molar-refractivity contribution in [3.63, 3.8) is 0 Å². The summed E-state index contributed by atoms with van der Waals surface area (Å²) < 4.78 is 0. The third-order valence-corrected chi connectivity index (χ3v) is 6.83. The second-order valence-corrected chi connectivity index (χ2v) is 9.03. The molecule has 0 bridgehead atoms. The largest absolute Gasteiger partial charge is 0.355 e. The number of aliphatic imine (C=N–C) groups is 1. The van der Waals surface area contributed by atoms with Gasteiger partial charge in [0.15, 0.2) is 0 Å². The minimum absolute atomic E-state index is 0.0843. The van der Waals surface area contributed by atoms with Crippen LogP contribution in [0.3, 0.4) is 0 Å². The predicted octanol–water partition coefficient (Wildman–Crippen LogP) is 2.22. The van der Waals surface area contributed by atoms with Crippen LogP contribution >= 0.6 is 0 Å². The summed E-state index contributed by atoms with van der Waals surface area (Å²) in [7, 11) is 1.62. The standard InChI is InChI=1S/C25H30N6O2/c1-16-12-17(13-20-22(16)23-19(25(33)29-20)4-3-7-27-23)15-30-8-10-31(11-9-30)21-6-5-18(14-28-21)24(32)26-2/h5-6,12-14,19H,3-4,7-11,15H2,1-2H3,(H,26,32)(H,29,33). The van der Waals surface area contributed by atoms with Crippen LogP contribution in [0.15, 0.2) is 35.5 Å². The van der Waals surface area contributed by atoms with Crippen LogP contribution in [0.2, 0.25) is 0 Å². The van der Waals surface area contributed by atoms with E-state index in [4.69, 9.17) is 4.99 Å². The highest BCUT2D eigenvalue weighted by Crippen LogP contribution is 2.34. The fourth-order valence-corrected chi connectivity index (χ4v) is 5.11. The van der Waals surface area contributed by atoms with Crippen LogP contribution in [0.1, 0.15) is 39.9 Å². The molecular weight excluding hydrogens is 416 g/mol. The lowest BCUT2D eigenvalue weighted by Crippen LogP contribution is -2.46. The van der Waals surface area contributed by atoms with Crippen molar-refractivity contribution in [2.24, 2.45) is 10.9 Å². The van der Waals surface area contributed by atoms with Crippen molar-refractivity contribution in [2.45, 2.75) is 26.3 Å². The Hall–Kier alpha value is -3.26. The Labute approximate surface area is 194 Å². The molecule has 3 aliphatic heterocycles. The van der Waals surface area contributed by atoms with Gasteiger partial charge >= 0.3 is 0 Å². The van der Waals surface area contributed by atoms with Gasteiger partial charge in [-0.3, -0.25) is 19.5 Å². The zero-order chi connectivity index (χ0) is 22.9. The summed E-state index contributed by atoms with van der Waals surface area (Å²) in [6, 6.07) is 8.10. The van der Waals surface area contributed by atoms with Crippen LogP contribution < -0.4 is 15.5 Å². The smallest absolute Gasteiger partial charge is 0.252 e. The third-order valence-electron chi connectivity index (χ3n) is 6.83. The Morgan fingerprint density at radius 3 is 2.76 bits per heavy atom. The molecule has 3 aliphatic rings. The molecule has 172 valence electrons. The number of nitrogens with zero attached hydrogens (tertiary/aromatic N) is 4. The van der Waals surface area contributed by atoms with Gasteiger partial charge < -0.3 is 15.5 Å². The summed E-state index contributed by atoms with van der Waals surface area (Å²) in [5.74, 6) is 0.767. The van der Waals surface area contributed by atoms with Crippen molar-refractivity contribution < 1.29 is 9.59 Å². The molecule has 0 spiro atoms. The number of rotatable bonds is 4. The van der Waals surface area contributed by atoms with E-state index < -0.39 is 0 Å².